The lowest BCUT2D eigenvalue weighted by molar-refractivity contribution is 0.188. The third-order valence-corrected chi connectivity index (χ3v) is 4.81. The number of hydrogen-bond donors (Lipinski definition) is 0. The Balaban J connectivity index is 1.65. The smallest absolute Gasteiger partial charge is 0.254 e. The van der Waals surface area contributed by atoms with Gasteiger partial charge in [-0.05, 0) is 49.7 Å². The molecule has 2 aromatic heterocycles. The molecule has 4 rings (SSSR count). The summed E-state index contributed by atoms with van der Waals surface area (Å²) in [6.07, 6.45) is 1.08. The lowest BCUT2D eigenvalue weighted by atomic mass is 10.0. The Morgan fingerprint density at radius 1 is 1.17 bits per heavy atom. The van der Waals surface area contributed by atoms with Crippen LogP contribution < -0.4 is 0 Å². The summed E-state index contributed by atoms with van der Waals surface area (Å²) in [5.74, 6) is 0.685. The van der Waals surface area contributed by atoms with Crippen molar-refractivity contribution in [2.45, 2.75) is 33.5 Å². The summed E-state index contributed by atoms with van der Waals surface area (Å²) in [5, 5.41) is 4.61. The van der Waals surface area contributed by atoms with Crippen LogP contribution >= 0.6 is 12.2 Å². The van der Waals surface area contributed by atoms with Gasteiger partial charge in [0, 0.05) is 24.5 Å². The Bertz CT molecular complexity index is 940. The fourth-order valence-corrected chi connectivity index (χ4v) is 3.61. The van der Waals surface area contributed by atoms with Crippen LogP contribution in [-0.4, -0.2) is 30.6 Å². The minimum atomic E-state index is 0.685. The van der Waals surface area contributed by atoms with E-state index < -0.39 is 0 Å². The molecule has 6 heteroatoms. The second kappa shape index (κ2) is 5.54. The molecule has 1 aliphatic rings. The molecule has 0 radical (unpaired) electrons. The molecule has 3 aromatic rings. The van der Waals surface area contributed by atoms with E-state index in [1.165, 1.54) is 11.1 Å². The van der Waals surface area contributed by atoms with Crippen molar-refractivity contribution < 1.29 is 0 Å². The molecule has 0 aliphatic carbocycles. The third kappa shape index (κ3) is 2.58. The van der Waals surface area contributed by atoms with Crippen molar-refractivity contribution in [3.8, 4) is 0 Å². The molecule has 0 fully saturated rings. The van der Waals surface area contributed by atoms with Crippen LogP contribution in [0.5, 0.6) is 0 Å². The summed E-state index contributed by atoms with van der Waals surface area (Å²) in [4.78, 5) is 6.87. The van der Waals surface area contributed by atoms with Crippen molar-refractivity contribution in [1.29, 1.82) is 0 Å². The summed E-state index contributed by atoms with van der Waals surface area (Å²) in [5.41, 5.74) is 4.90. The first kappa shape index (κ1) is 14.5. The molecule has 5 nitrogen and oxygen atoms in total. The molecule has 0 spiro atoms. The van der Waals surface area contributed by atoms with E-state index in [0.717, 1.165) is 30.9 Å². The summed E-state index contributed by atoms with van der Waals surface area (Å²) in [7, 11) is 0. The zero-order valence-electron chi connectivity index (χ0n) is 13.4. The highest BCUT2D eigenvalue weighted by Crippen LogP contribution is 2.19. The van der Waals surface area contributed by atoms with E-state index in [1.807, 2.05) is 29.0 Å². The number of fused-ring (bicyclic) bond motifs is 2. The Kier molecular flexibility index (Phi) is 3.50. The molecule has 3 heterocycles. The molecule has 0 bridgehead atoms. The normalized spacial score (nSPS) is 15.0. The summed E-state index contributed by atoms with van der Waals surface area (Å²) >= 11 is 5.60. The number of aryl methyl sites for hydroxylation is 2. The fraction of sp³-hybridized carbons (Fsp3) is 0.353. The quantitative estimate of drug-likeness (QED) is 0.679. The molecule has 0 saturated heterocycles. The van der Waals surface area contributed by atoms with Gasteiger partial charge in [0.2, 0.25) is 4.77 Å². The fourth-order valence-electron chi connectivity index (χ4n) is 3.29. The van der Waals surface area contributed by atoms with Crippen LogP contribution in [0.3, 0.4) is 0 Å². The summed E-state index contributed by atoms with van der Waals surface area (Å²) in [6.45, 7) is 6.70. The lowest BCUT2D eigenvalue weighted by Crippen LogP contribution is -2.32. The zero-order valence-corrected chi connectivity index (χ0v) is 14.2. The standard InChI is InChI=1S/C17H19N5S/c1-12-9-13(2)22-16(18-12)19-21(17(22)23)11-20-8-7-14-5-3-4-6-15(14)10-20/h3-6,9H,7-8,10-11H2,1-2H3. The van der Waals surface area contributed by atoms with E-state index in [0.29, 0.717) is 17.2 Å². The van der Waals surface area contributed by atoms with Crippen molar-refractivity contribution in [1.82, 2.24) is 24.1 Å². The van der Waals surface area contributed by atoms with Gasteiger partial charge in [-0.15, -0.1) is 5.10 Å². The van der Waals surface area contributed by atoms with Crippen molar-refractivity contribution in [3.05, 3.63) is 57.6 Å². The van der Waals surface area contributed by atoms with Gasteiger partial charge < -0.3 is 0 Å². The largest absolute Gasteiger partial charge is 0.280 e. The van der Waals surface area contributed by atoms with Gasteiger partial charge >= 0.3 is 0 Å². The number of rotatable bonds is 2. The first-order valence-electron chi connectivity index (χ1n) is 7.85. The maximum absolute atomic E-state index is 5.60. The van der Waals surface area contributed by atoms with Crippen molar-refractivity contribution >= 4 is 18.0 Å². The summed E-state index contributed by atoms with van der Waals surface area (Å²) in [6, 6.07) is 10.7. The van der Waals surface area contributed by atoms with Gasteiger partial charge in [-0.3, -0.25) is 9.30 Å². The predicted octanol–water partition coefficient (Wildman–Crippen LogP) is 2.89. The lowest BCUT2D eigenvalue weighted by Gasteiger charge is -2.28. The highest BCUT2D eigenvalue weighted by Gasteiger charge is 2.17. The van der Waals surface area contributed by atoms with Gasteiger partial charge in [0.15, 0.2) is 0 Å². The molecule has 23 heavy (non-hydrogen) atoms. The Morgan fingerprint density at radius 2 is 1.96 bits per heavy atom. The number of benzene rings is 1. The maximum atomic E-state index is 5.60. The van der Waals surface area contributed by atoms with Gasteiger partial charge in [0.1, 0.15) is 0 Å². The van der Waals surface area contributed by atoms with Gasteiger partial charge in [-0.1, -0.05) is 24.3 Å². The molecule has 1 aliphatic heterocycles. The third-order valence-electron chi connectivity index (χ3n) is 4.41. The number of hydrogen-bond acceptors (Lipinski definition) is 4. The van der Waals surface area contributed by atoms with Gasteiger partial charge in [-0.2, -0.15) is 0 Å². The molecule has 1 aromatic carbocycles. The Hall–Kier alpha value is -2.05. The zero-order chi connectivity index (χ0) is 16.0. The second-order valence-corrected chi connectivity index (χ2v) is 6.53. The molecular formula is C17H19N5S. The average Bonchev–Trinajstić information content (AvgIpc) is 2.83. The predicted molar refractivity (Wildman–Crippen MR) is 91.8 cm³/mol. The molecule has 0 saturated carbocycles. The van der Waals surface area contributed by atoms with Crippen LogP contribution in [0.4, 0.5) is 0 Å². The minimum Gasteiger partial charge on any atom is -0.280 e. The average molecular weight is 325 g/mol. The van der Waals surface area contributed by atoms with Crippen LogP contribution in [0.2, 0.25) is 0 Å². The van der Waals surface area contributed by atoms with Gasteiger partial charge in [0.05, 0.1) is 6.67 Å². The molecule has 118 valence electrons. The van der Waals surface area contributed by atoms with Crippen molar-refractivity contribution in [3.63, 3.8) is 0 Å². The van der Waals surface area contributed by atoms with Crippen LogP contribution in [0, 0.1) is 18.6 Å². The van der Waals surface area contributed by atoms with Crippen molar-refractivity contribution in [2.24, 2.45) is 0 Å². The number of nitrogens with zero attached hydrogens (tertiary/aromatic N) is 5. The highest BCUT2D eigenvalue weighted by molar-refractivity contribution is 7.71. The van der Waals surface area contributed by atoms with Gasteiger partial charge in [-0.25, -0.2) is 9.67 Å². The van der Waals surface area contributed by atoms with E-state index in [4.69, 9.17) is 12.2 Å². The second-order valence-electron chi connectivity index (χ2n) is 6.17. The highest BCUT2D eigenvalue weighted by atomic mass is 32.1. The molecule has 0 atom stereocenters. The Labute approximate surface area is 140 Å². The van der Waals surface area contributed by atoms with Crippen LogP contribution in [0.25, 0.3) is 5.78 Å². The molecule has 0 amide bonds. The van der Waals surface area contributed by atoms with Crippen molar-refractivity contribution in [2.75, 3.05) is 6.54 Å². The SMILES string of the molecule is Cc1cc(C)n2c(=S)n(CN3CCc4ccccc4C3)nc2n1. The van der Waals surface area contributed by atoms with E-state index >= 15 is 0 Å². The maximum Gasteiger partial charge on any atom is 0.254 e. The van der Waals surface area contributed by atoms with E-state index in [2.05, 4.69) is 39.2 Å². The monoisotopic (exact) mass is 325 g/mol. The molecule has 0 unspecified atom stereocenters. The molecular weight excluding hydrogens is 306 g/mol. The molecule has 0 N–H and O–H groups in total. The first-order chi connectivity index (χ1) is 11.1. The topological polar surface area (TPSA) is 38.4 Å². The number of aromatic nitrogens is 4. The summed E-state index contributed by atoms with van der Waals surface area (Å²) < 4.78 is 4.54. The van der Waals surface area contributed by atoms with E-state index in [9.17, 15) is 0 Å². The minimum absolute atomic E-state index is 0.685. The van der Waals surface area contributed by atoms with E-state index in [1.54, 1.807) is 0 Å². The Morgan fingerprint density at radius 3 is 2.78 bits per heavy atom. The van der Waals surface area contributed by atoms with Crippen LogP contribution in [-0.2, 0) is 19.6 Å². The van der Waals surface area contributed by atoms with Crippen LogP contribution in [0.15, 0.2) is 30.3 Å². The van der Waals surface area contributed by atoms with Gasteiger partial charge in [0.25, 0.3) is 5.78 Å². The van der Waals surface area contributed by atoms with E-state index in [-0.39, 0.29) is 0 Å². The first-order valence-corrected chi connectivity index (χ1v) is 8.25. The van der Waals surface area contributed by atoms with Crippen LogP contribution in [0.1, 0.15) is 22.5 Å².